The van der Waals surface area contributed by atoms with Crippen LogP contribution >= 0.6 is 0 Å². The van der Waals surface area contributed by atoms with Crippen molar-refractivity contribution < 1.29 is 37.0 Å². The molecule has 0 spiro atoms. The molecule has 1 aliphatic heterocycles. The number of unbranched alkanes of at least 4 members (excludes halogenated alkanes) is 1. The van der Waals surface area contributed by atoms with Crippen LogP contribution < -0.4 is 5.32 Å². The van der Waals surface area contributed by atoms with E-state index in [-0.39, 0.29) is 24.3 Å². The maximum Gasteiger partial charge on any atom is 0.416 e. The monoisotopic (exact) mass is 489 g/mol. The maximum absolute atomic E-state index is 14.7. The van der Waals surface area contributed by atoms with Crippen molar-refractivity contribution in [1.82, 2.24) is 0 Å². The van der Waals surface area contributed by atoms with Gasteiger partial charge in [0.15, 0.2) is 0 Å². The van der Waals surface area contributed by atoms with E-state index < -0.39 is 40.4 Å². The second-order valence-electron chi connectivity index (χ2n) is 8.96. The number of ether oxygens (including phenoxy) is 1. The molecule has 0 bridgehead atoms. The first-order valence-electron chi connectivity index (χ1n) is 11.2. The Hall–Kier alpha value is -3.38. The van der Waals surface area contributed by atoms with Crippen LogP contribution in [0.2, 0.25) is 0 Å². The summed E-state index contributed by atoms with van der Waals surface area (Å²) in [5, 5.41) is 13.9. The molecule has 1 aliphatic carbocycles. The number of anilines is 1. The lowest BCUT2D eigenvalue weighted by Crippen LogP contribution is -2.44. The summed E-state index contributed by atoms with van der Waals surface area (Å²) < 4.78 is 59.4. The Balaban J connectivity index is 1.64. The molecule has 35 heavy (non-hydrogen) atoms. The third-order valence-electron chi connectivity index (χ3n) is 6.30. The van der Waals surface area contributed by atoms with Gasteiger partial charge < -0.3 is 15.2 Å². The fourth-order valence-corrected chi connectivity index (χ4v) is 4.25. The zero-order valence-electron chi connectivity index (χ0n) is 18.9. The standard InChI is InChI=1S/C26H23F4NO4/c1-2-3-4-9-25(34,23(33)31-18-6-7-19-16(12-18)14-35-22(19)32)15-24(10-11-24)20-13-17(26(28,29)30)5-8-21(20)27/h5-8,12-13,34H,2-3,10-11,14-15H2,1H3,(H,31,33). The van der Waals surface area contributed by atoms with Gasteiger partial charge in [-0.1, -0.05) is 18.8 Å². The number of fused-ring (bicyclic) bond motifs is 1. The van der Waals surface area contributed by atoms with Gasteiger partial charge in [-0.25, -0.2) is 9.18 Å². The highest BCUT2D eigenvalue weighted by Gasteiger charge is 2.53. The van der Waals surface area contributed by atoms with Gasteiger partial charge in [0.2, 0.25) is 5.60 Å². The number of esters is 1. The topological polar surface area (TPSA) is 75.6 Å². The number of amides is 1. The summed E-state index contributed by atoms with van der Waals surface area (Å²) in [5.41, 5.74) is -3.40. The number of benzene rings is 2. The van der Waals surface area contributed by atoms with E-state index in [9.17, 15) is 32.3 Å². The van der Waals surface area contributed by atoms with Crippen molar-refractivity contribution in [3.8, 4) is 11.8 Å². The van der Waals surface area contributed by atoms with Crippen molar-refractivity contribution in [3.05, 3.63) is 64.5 Å². The summed E-state index contributed by atoms with van der Waals surface area (Å²) in [6.45, 7) is 1.92. The summed E-state index contributed by atoms with van der Waals surface area (Å²) in [4.78, 5) is 24.9. The van der Waals surface area contributed by atoms with Crippen molar-refractivity contribution >= 4 is 17.6 Å². The molecule has 0 saturated heterocycles. The summed E-state index contributed by atoms with van der Waals surface area (Å²) in [6.07, 6.45) is -3.38. The molecule has 1 heterocycles. The van der Waals surface area contributed by atoms with Crippen LogP contribution in [-0.2, 0) is 27.7 Å². The molecular weight excluding hydrogens is 466 g/mol. The number of rotatable bonds is 6. The van der Waals surface area contributed by atoms with E-state index in [1.165, 1.54) is 18.2 Å². The number of nitrogens with one attached hydrogen (secondary N) is 1. The molecule has 2 aliphatic rings. The van der Waals surface area contributed by atoms with Crippen molar-refractivity contribution in [1.29, 1.82) is 0 Å². The van der Waals surface area contributed by atoms with Gasteiger partial charge in [-0.05, 0) is 61.2 Å². The predicted molar refractivity (Wildman–Crippen MR) is 119 cm³/mol. The summed E-state index contributed by atoms with van der Waals surface area (Å²) >= 11 is 0. The Morgan fingerprint density at radius 2 is 1.94 bits per heavy atom. The van der Waals surface area contributed by atoms with Gasteiger partial charge in [0.05, 0.1) is 11.1 Å². The average Bonchev–Trinajstić information content (AvgIpc) is 3.47. The predicted octanol–water partition coefficient (Wildman–Crippen LogP) is 5.11. The quantitative estimate of drug-likeness (QED) is 0.336. The highest BCUT2D eigenvalue weighted by atomic mass is 19.4. The molecule has 2 aromatic rings. The van der Waals surface area contributed by atoms with E-state index in [0.717, 1.165) is 12.1 Å². The first kappa shape index (κ1) is 24.7. The molecule has 1 saturated carbocycles. The van der Waals surface area contributed by atoms with Gasteiger partial charge in [0, 0.05) is 29.5 Å². The molecule has 184 valence electrons. The third-order valence-corrected chi connectivity index (χ3v) is 6.30. The van der Waals surface area contributed by atoms with Crippen molar-refractivity contribution in [2.75, 3.05) is 5.32 Å². The van der Waals surface area contributed by atoms with Crippen LogP contribution in [0.3, 0.4) is 0 Å². The summed E-state index contributed by atoms with van der Waals surface area (Å²) in [5.74, 6) is 3.13. The van der Waals surface area contributed by atoms with E-state index in [1.54, 1.807) is 0 Å². The SMILES string of the molecule is CCCC#CC(O)(CC1(c2cc(C(F)(F)F)ccc2F)CC1)C(=O)Nc1ccc2c(c1)COC2=O. The smallest absolute Gasteiger partial charge is 0.416 e. The third kappa shape index (κ3) is 5.03. The maximum atomic E-state index is 14.7. The van der Waals surface area contributed by atoms with E-state index in [4.69, 9.17) is 4.74 Å². The Labute approximate surface area is 199 Å². The Kier molecular flexibility index (Phi) is 6.36. The number of cyclic esters (lactones) is 1. The average molecular weight is 489 g/mol. The van der Waals surface area contributed by atoms with Crippen LogP contribution in [0.15, 0.2) is 36.4 Å². The van der Waals surface area contributed by atoms with Gasteiger partial charge in [-0.3, -0.25) is 4.79 Å². The minimum Gasteiger partial charge on any atom is -0.457 e. The lowest BCUT2D eigenvalue weighted by Gasteiger charge is -2.28. The van der Waals surface area contributed by atoms with Crippen LogP contribution in [0.5, 0.6) is 0 Å². The molecule has 1 amide bonds. The molecule has 1 atom stereocenters. The number of alkyl halides is 3. The van der Waals surface area contributed by atoms with E-state index in [0.29, 0.717) is 42.9 Å². The molecule has 2 N–H and O–H groups in total. The molecule has 0 radical (unpaired) electrons. The largest absolute Gasteiger partial charge is 0.457 e. The van der Waals surface area contributed by atoms with Crippen molar-refractivity contribution in [2.24, 2.45) is 0 Å². The zero-order valence-corrected chi connectivity index (χ0v) is 18.9. The number of carbonyl (C=O) groups is 2. The van der Waals surface area contributed by atoms with Gasteiger partial charge in [-0.2, -0.15) is 13.2 Å². The Morgan fingerprint density at radius 3 is 2.60 bits per heavy atom. The molecule has 4 rings (SSSR count). The minimum absolute atomic E-state index is 0.0520. The molecular formula is C26H23F4NO4. The number of carbonyl (C=O) groups excluding carboxylic acids is 2. The van der Waals surface area contributed by atoms with Gasteiger partial charge in [0.25, 0.3) is 5.91 Å². The summed E-state index contributed by atoms with van der Waals surface area (Å²) in [7, 11) is 0. The van der Waals surface area contributed by atoms with Gasteiger partial charge >= 0.3 is 12.1 Å². The van der Waals surface area contributed by atoms with E-state index in [1.807, 2.05) is 6.92 Å². The van der Waals surface area contributed by atoms with E-state index in [2.05, 4.69) is 17.2 Å². The highest BCUT2D eigenvalue weighted by molar-refractivity contribution is 6.01. The van der Waals surface area contributed by atoms with Crippen LogP contribution in [-0.4, -0.2) is 22.6 Å². The minimum atomic E-state index is -4.66. The van der Waals surface area contributed by atoms with Gasteiger partial charge in [-0.15, -0.1) is 0 Å². The first-order chi connectivity index (χ1) is 16.5. The van der Waals surface area contributed by atoms with Crippen LogP contribution in [0, 0.1) is 17.7 Å². The lowest BCUT2D eigenvalue weighted by molar-refractivity contribution is -0.137. The molecule has 5 nitrogen and oxygen atoms in total. The molecule has 0 aromatic heterocycles. The molecule has 1 unspecified atom stereocenters. The molecule has 2 aromatic carbocycles. The second kappa shape index (κ2) is 9.00. The summed E-state index contributed by atoms with van der Waals surface area (Å²) in [6, 6.07) is 6.67. The van der Waals surface area contributed by atoms with Crippen molar-refractivity contribution in [3.63, 3.8) is 0 Å². The fourth-order valence-electron chi connectivity index (χ4n) is 4.25. The Morgan fingerprint density at radius 1 is 1.20 bits per heavy atom. The number of halogens is 4. The fraction of sp³-hybridized carbons (Fsp3) is 0.385. The Bertz CT molecular complexity index is 1240. The second-order valence-corrected chi connectivity index (χ2v) is 8.96. The van der Waals surface area contributed by atoms with Crippen molar-refractivity contribution in [2.45, 2.75) is 62.8 Å². The van der Waals surface area contributed by atoms with Gasteiger partial charge in [0.1, 0.15) is 12.4 Å². The number of aliphatic hydroxyl groups is 1. The van der Waals surface area contributed by atoms with E-state index >= 15 is 0 Å². The number of hydrogen-bond acceptors (Lipinski definition) is 4. The van der Waals surface area contributed by atoms with Crippen LogP contribution in [0.4, 0.5) is 23.2 Å². The molecule has 1 fully saturated rings. The van der Waals surface area contributed by atoms with Crippen LogP contribution in [0.1, 0.15) is 66.1 Å². The normalized spacial score (nSPS) is 17.5. The van der Waals surface area contributed by atoms with Crippen LogP contribution in [0.25, 0.3) is 0 Å². The highest BCUT2D eigenvalue weighted by Crippen LogP contribution is 2.55. The lowest BCUT2D eigenvalue weighted by atomic mass is 9.81. The first-order valence-corrected chi connectivity index (χ1v) is 11.2. The number of hydrogen-bond donors (Lipinski definition) is 2. The zero-order chi connectivity index (χ0) is 25.4. The molecule has 9 heteroatoms.